The Bertz CT molecular complexity index is 675. The lowest BCUT2D eigenvalue weighted by Crippen LogP contribution is -2.35. The van der Waals surface area contributed by atoms with Crippen molar-refractivity contribution < 1.29 is 9.53 Å². The third-order valence-corrected chi connectivity index (χ3v) is 4.65. The smallest absolute Gasteiger partial charge is 0.263 e. The molecule has 0 N–H and O–H groups in total. The van der Waals surface area contributed by atoms with Crippen LogP contribution < -0.4 is 9.64 Å². The molecule has 1 aliphatic heterocycles. The van der Waals surface area contributed by atoms with Crippen LogP contribution in [0.4, 0.5) is 5.82 Å². The fraction of sp³-hybridized carbons (Fsp3) is 0.471. The number of aromatic nitrogens is 2. The van der Waals surface area contributed by atoms with Crippen molar-refractivity contribution in [3.8, 4) is 5.88 Å². The summed E-state index contributed by atoms with van der Waals surface area (Å²) in [6, 6.07) is 3.80. The minimum atomic E-state index is 0.0672. The number of carbonyl (C=O) groups is 1. The molecule has 24 heavy (non-hydrogen) atoms. The number of nitrogens with zero attached hydrogens (tertiary/aromatic N) is 4. The van der Waals surface area contributed by atoms with Gasteiger partial charge in [0.25, 0.3) is 5.91 Å². The Labute approximate surface area is 146 Å². The van der Waals surface area contributed by atoms with Gasteiger partial charge in [-0.25, -0.2) is 0 Å². The van der Waals surface area contributed by atoms with Crippen molar-refractivity contribution >= 4 is 23.1 Å². The lowest BCUT2D eigenvalue weighted by Gasteiger charge is -2.22. The number of amides is 1. The van der Waals surface area contributed by atoms with Crippen molar-refractivity contribution in [3.63, 3.8) is 0 Å². The molecule has 0 bridgehead atoms. The van der Waals surface area contributed by atoms with Gasteiger partial charge in [0.2, 0.25) is 5.88 Å². The SMILES string of the molecule is CC(C)Oc1cncc(N2CCCN(C(=O)c3cccs3)CC2)n1. The highest BCUT2D eigenvalue weighted by Gasteiger charge is 2.21. The van der Waals surface area contributed by atoms with Crippen LogP contribution in [-0.4, -0.2) is 53.1 Å². The number of anilines is 1. The predicted octanol–water partition coefficient (Wildman–Crippen LogP) is 2.68. The van der Waals surface area contributed by atoms with Gasteiger partial charge >= 0.3 is 0 Å². The molecule has 0 aromatic carbocycles. The van der Waals surface area contributed by atoms with E-state index < -0.39 is 0 Å². The molecule has 2 aromatic heterocycles. The molecule has 0 atom stereocenters. The Kier molecular flexibility index (Phi) is 5.30. The third-order valence-electron chi connectivity index (χ3n) is 3.80. The van der Waals surface area contributed by atoms with Gasteiger partial charge in [0.1, 0.15) is 0 Å². The van der Waals surface area contributed by atoms with Gasteiger partial charge < -0.3 is 14.5 Å². The molecule has 0 unspecified atom stereocenters. The summed E-state index contributed by atoms with van der Waals surface area (Å²) in [5.74, 6) is 1.46. The lowest BCUT2D eigenvalue weighted by molar-refractivity contribution is 0.0772. The monoisotopic (exact) mass is 346 g/mol. The summed E-state index contributed by atoms with van der Waals surface area (Å²) in [6.45, 7) is 6.99. The van der Waals surface area contributed by atoms with E-state index >= 15 is 0 Å². The zero-order valence-electron chi connectivity index (χ0n) is 14.0. The summed E-state index contributed by atoms with van der Waals surface area (Å²) in [7, 11) is 0. The summed E-state index contributed by atoms with van der Waals surface area (Å²) < 4.78 is 5.62. The molecule has 128 valence electrons. The molecule has 3 rings (SSSR count). The Morgan fingerprint density at radius 2 is 2.12 bits per heavy atom. The molecule has 1 aliphatic rings. The highest BCUT2D eigenvalue weighted by molar-refractivity contribution is 7.12. The summed E-state index contributed by atoms with van der Waals surface area (Å²) >= 11 is 1.49. The minimum absolute atomic E-state index is 0.0672. The highest BCUT2D eigenvalue weighted by atomic mass is 32.1. The first-order valence-electron chi connectivity index (χ1n) is 8.20. The second-order valence-corrected chi connectivity index (χ2v) is 6.94. The Balaban J connectivity index is 1.66. The molecule has 0 radical (unpaired) electrons. The molecule has 0 saturated carbocycles. The van der Waals surface area contributed by atoms with Crippen molar-refractivity contribution in [1.82, 2.24) is 14.9 Å². The molecule has 7 heteroatoms. The third kappa shape index (κ3) is 4.03. The number of thiophene rings is 1. The van der Waals surface area contributed by atoms with Gasteiger partial charge in [0.05, 0.1) is 23.4 Å². The molecule has 1 amide bonds. The van der Waals surface area contributed by atoms with E-state index in [1.165, 1.54) is 11.3 Å². The van der Waals surface area contributed by atoms with Crippen LogP contribution in [0.2, 0.25) is 0 Å². The van der Waals surface area contributed by atoms with Crippen LogP contribution in [0.5, 0.6) is 5.88 Å². The molecule has 1 saturated heterocycles. The van der Waals surface area contributed by atoms with E-state index in [9.17, 15) is 4.79 Å². The van der Waals surface area contributed by atoms with Crippen molar-refractivity contribution in [2.45, 2.75) is 26.4 Å². The van der Waals surface area contributed by atoms with Crippen LogP contribution >= 0.6 is 11.3 Å². The average Bonchev–Trinajstić information content (AvgIpc) is 2.98. The molecule has 0 aliphatic carbocycles. The number of hydrogen-bond donors (Lipinski definition) is 0. The number of carbonyl (C=O) groups excluding carboxylic acids is 1. The fourth-order valence-corrected chi connectivity index (χ4v) is 3.39. The molecular weight excluding hydrogens is 324 g/mol. The van der Waals surface area contributed by atoms with Crippen LogP contribution in [-0.2, 0) is 0 Å². The molecule has 3 heterocycles. The van der Waals surface area contributed by atoms with Gasteiger partial charge in [-0.1, -0.05) is 6.07 Å². The van der Waals surface area contributed by atoms with Crippen molar-refractivity contribution in [2.24, 2.45) is 0 Å². The van der Waals surface area contributed by atoms with Crippen LogP contribution in [0.1, 0.15) is 29.9 Å². The minimum Gasteiger partial charge on any atom is -0.474 e. The van der Waals surface area contributed by atoms with E-state index in [0.29, 0.717) is 12.4 Å². The zero-order valence-corrected chi connectivity index (χ0v) is 14.8. The molecule has 2 aromatic rings. The van der Waals surface area contributed by atoms with Crippen molar-refractivity contribution in [3.05, 3.63) is 34.8 Å². The quantitative estimate of drug-likeness (QED) is 0.852. The van der Waals surface area contributed by atoms with Gasteiger partial charge in [0.15, 0.2) is 5.82 Å². The summed E-state index contributed by atoms with van der Waals surface area (Å²) in [5, 5.41) is 1.94. The van der Waals surface area contributed by atoms with Gasteiger partial charge in [-0.15, -0.1) is 11.3 Å². The first kappa shape index (κ1) is 16.7. The second-order valence-electron chi connectivity index (χ2n) is 5.99. The first-order chi connectivity index (χ1) is 11.6. The number of rotatable bonds is 4. The van der Waals surface area contributed by atoms with Crippen LogP contribution in [0.25, 0.3) is 0 Å². The normalized spacial score (nSPS) is 15.5. The second kappa shape index (κ2) is 7.61. The van der Waals surface area contributed by atoms with E-state index in [0.717, 1.165) is 36.8 Å². The van der Waals surface area contributed by atoms with Gasteiger partial charge in [-0.2, -0.15) is 4.98 Å². The van der Waals surface area contributed by atoms with Gasteiger partial charge in [0, 0.05) is 26.2 Å². The summed E-state index contributed by atoms with van der Waals surface area (Å²) in [4.78, 5) is 26.2. The van der Waals surface area contributed by atoms with E-state index in [1.54, 1.807) is 12.4 Å². The van der Waals surface area contributed by atoms with E-state index in [1.807, 2.05) is 36.3 Å². The molecule has 1 fully saturated rings. The van der Waals surface area contributed by atoms with Gasteiger partial charge in [-0.05, 0) is 31.7 Å². The zero-order chi connectivity index (χ0) is 16.9. The molecule has 0 spiro atoms. The topological polar surface area (TPSA) is 58.6 Å². The maximum absolute atomic E-state index is 12.5. The summed E-state index contributed by atoms with van der Waals surface area (Å²) in [5.41, 5.74) is 0. The number of hydrogen-bond acceptors (Lipinski definition) is 6. The Hall–Kier alpha value is -2.15. The van der Waals surface area contributed by atoms with Crippen molar-refractivity contribution in [2.75, 3.05) is 31.1 Å². The Morgan fingerprint density at radius 3 is 2.88 bits per heavy atom. The van der Waals surface area contributed by atoms with Crippen LogP contribution in [0.15, 0.2) is 29.9 Å². The fourth-order valence-electron chi connectivity index (χ4n) is 2.69. The van der Waals surface area contributed by atoms with E-state index in [4.69, 9.17) is 4.74 Å². The van der Waals surface area contributed by atoms with Crippen LogP contribution in [0.3, 0.4) is 0 Å². The maximum Gasteiger partial charge on any atom is 0.263 e. The molecular formula is C17H22N4O2S. The summed E-state index contributed by atoms with van der Waals surface area (Å²) in [6.07, 6.45) is 4.36. The highest BCUT2D eigenvalue weighted by Crippen LogP contribution is 2.19. The Morgan fingerprint density at radius 1 is 1.25 bits per heavy atom. The first-order valence-corrected chi connectivity index (χ1v) is 9.08. The van der Waals surface area contributed by atoms with E-state index in [2.05, 4.69) is 14.9 Å². The standard InChI is InChI=1S/C17H22N4O2S/c1-13(2)23-16-12-18-11-15(19-16)20-6-4-7-21(9-8-20)17(22)14-5-3-10-24-14/h3,5,10-13H,4,6-9H2,1-2H3. The van der Waals surface area contributed by atoms with Crippen LogP contribution in [0, 0.1) is 0 Å². The lowest BCUT2D eigenvalue weighted by atomic mass is 10.3. The molecule has 6 nitrogen and oxygen atoms in total. The maximum atomic E-state index is 12.5. The number of ether oxygens (including phenoxy) is 1. The van der Waals surface area contributed by atoms with Gasteiger partial charge in [-0.3, -0.25) is 9.78 Å². The van der Waals surface area contributed by atoms with Crippen molar-refractivity contribution in [1.29, 1.82) is 0 Å². The largest absolute Gasteiger partial charge is 0.474 e. The predicted molar refractivity (Wildman–Crippen MR) is 94.8 cm³/mol. The average molecular weight is 346 g/mol. The van der Waals surface area contributed by atoms with E-state index in [-0.39, 0.29) is 12.0 Å².